The summed E-state index contributed by atoms with van der Waals surface area (Å²) in [6.45, 7) is 0.873. The zero-order chi connectivity index (χ0) is 14.6. The van der Waals surface area contributed by atoms with Gasteiger partial charge in [-0.1, -0.05) is 12.1 Å². The highest BCUT2D eigenvalue weighted by molar-refractivity contribution is 5.85. The molecule has 0 aromatic heterocycles. The smallest absolute Gasteiger partial charge is 0.261 e. The van der Waals surface area contributed by atoms with E-state index >= 15 is 0 Å². The van der Waals surface area contributed by atoms with Gasteiger partial charge in [0.1, 0.15) is 6.61 Å². The molecule has 1 fully saturated rings. The number of carbonyl (C=O) groups is 1. The molecule has 1 aromatic rings. The van der Waals surface area contributed by atoms with Gasteiger partial charge in [-0.05, 0) is 18.7 Å². The van der Waals surface area contributed by atoms with Crippen LogP contribution in [0.1, 0.15) is 6.42 Å². The summed E-state index contributed by atoms with van der Waals surface area (Å²) in [6, 6.07) is 6.03. The lowest BCUT2D eigenvalue weighted by atomic mass is 10.0. The zero-order valence-corrected chi connectivity index (χ0v) is 11.4. The van der Waals surface area contributed by atoms with Crippen LogP contribution in [0.2, 0.25) is 0 Å². The minimum Gasteiger partial charge on any atom is -0.489 e. The average molecular weight is 284 g/mol. The molecule has 2 rings (SSSR count). The van der Waals surface area contributed by atoms with Gasteiger partial charge in [0.15, 0.2) is 11.6 Å². The number of hydrogen-bond acceptors (Lipinski definition) is 3. The number of carbonyl (C=O) groups excluding carboxylic acids is 1. The van der Waals surface area contributed by atoms with Gasteiger partial charge in [-0.2, -0.15) is 0 Å². The van der Waals surface area contributed by atoms with Gasteiger partial charge >= 0.3 is 0 Å². The fourth-order valence-corrected chi connectivity index (χ4v) is 2.14. The molecule has 1 amide bonds. The van der Waals surface area contributed by atoms with E-state index in [1.54, 1.807) is 12.1 Å². The van der Waals surface area contributed by atoms with E-state index in [1.165, 1.54) is 24.1 Å². The third-order valence-corrected chi connectivity index (χ3v) is 3.35. The van der Waals surface area contributed by atoms with Crippen LogP contribution in [0.4, 0.5) is 8.78 Å². The number of para-hydroxylation sites is 1. The molecule has 110 valence electrons. The van der Waals surface area contributed by atoms with Crippen molar-refractivity contribution in [3.8, 4) is 5.75 Å². The first kappa shape index (κ1) is 14.7. The van der Waals surface area contributed by atoms with Crippen LogP contribution in [-0.2, 0) is 4.79 Å². The molecule has 1 atom stereocenters. The third kappa shape index (κ3) is 3.25. The van der Waals surface area contributed by atoms with Crippen molar-refractivity contribution < 1.29 is 18.3 Å². The van der Waals surface area contributed by atoms with E-state index in [0.717, 1.165) is 0 Å². The Balaban J connectivity index is 1.82. The molecular weight excluding hydrogens is 266 g/mol. The molecule has 6 heteroatoms. The summed E-state index contributed by atoms with van der Waals surface area (Å²) in [4.78, 5) is 13.2. The van der Waals surface area contributed by atoms with E-state index in [2.05, 4.69) is 5.32 Å². The van der Waals surface area contributed by atoms with Crippen molar-refractivity contribution in [2.45, 2.75) is 12.1 Å². The highest BCUT2D eigenvalue weighted by atomic mass is 19.1. The molecule has 1 N–H and O–H groups in total. The average Bonchev–Trinajstić information content (AvgIpc) is 2.88. The van der Waals surface area contributed by atoms with E-state index in [4.69, 9.17) is 4.74 Å². The predicted molar refractivity (Wildman–Crippen MR) is 70.9 cm³/mol. The molecule has 20 heavy (non-hydrogen) atoms. The number of rotatable bonds is 5. The van der Waals surface area contributed by atoms with Crippen LogP contribution in [0.3, 0.4) is 0 Å². The van der Waals surface area contributed by atoms with Gasteiger partial charge in [0.2, 0.25) is 5.67 Å². The second-order valence-corrected chi connectivity index (χ2v) is 4.90. The number of nitrogens with zero attached hydrogens (tertiary/aromatic N) is 1. The SMILES string of the molecule is CN(CCOc1ccccc1F)C(=O)[C@]1(F)CCNC1. The number of likely N-dealkylation sites (N-methyl/N-ethyl adjacent to an activating group) is 1. The summed E-state index contributed by atoms with van der Waals surface area (Å²) in [5, 5.41) is 2.83. The van der Waals surface area contributed by atoms with Gasteiger partial charge < -0.3 is 15.0 Å². The molecule has 0 bridgehead atoms. The Morgan fingerprint density at radius 3 is 2.90 bits per heavy atom. The number of amides is 1. The molecule has 1 aliphatic heterocycles. The summed E-state index contributed by atoms with van der Waals surface area (Å²) in [6.07, 6.45) is 0.185. The van der Waals surface area contributed by atoms with Crippen molar-refractivity contribution in [2.24, 2.45) is 0 Å². The normalized spacial score (nSPS) is 21.8. The quantitative estimate of drug-likeness (QED) is 0.888. The van der Waals surface area contributed by atoms with Gasteiger partial charge in [0.25, 0.3) is 5.91 Å². The highest BCUT2D eigenvalue weighted by Gasteiger charge is 2.43. The zero-order valence-electron chi connectivity index (χ0n) is 11.4. The summed E-state index contributed by atoms with van der Waals surface area (Å²) >= 11 is 0. The van der Waals surface area contributed by atoms with Crippen molar-refractivity contribution in [3.63, 3.8) is 0 Å². The Labute approximate surface area is 116 Å². The molecule has 1 heterocycles. The van der Waals surface area contributed by atoms with Crippen molar-refractivity contribution in [3.05, 3.63) is 30.1 Å². The number of alkyl halides is 1. The number of nitrogens with one attached hydrogen (secondary N) is 1. The first-order chi connectivity index (χ1) is 9.53. The number of ether oxygens (including phenoxy) is 1. The fourth-order valence-electron chi connectivity index (χ4n) is 2.14. The molecule has 0 aliphatic carbocycles. The molecule has 0 unspecified atom stereocenters. The monoisotopic (exact) mass is 284 g/mol. The Morgan fingerprint density at radius 1 is 1.50 bits per heavy atom. The summed E-state index contributed by atoms with van der Waals surface area (Å²) < 4.78 is 32.8. The maximum Gasteiger partial charge on any atom is 0.261 e. The third-order valence-electron chi connectivity index (χ3n) is 3.35. The number of halogens is 2. The van der Waals surface area contributed by atoms with E-state index in [1.807, 2.05) is 0 Å². The van der Waals surface area contributed by atoms with Crippen LogP contribution in [0.25, 0.3) is 0 Å². The van der Waals surface area contributed by atoms with Crippen LogP contribution in [-0.4, -0.2) is 49.8 Å². The molecule has 0 radical (unpaired) electrons. The van der Waals surface area contributed by atoms with Crippen LogP contribution in [0.5, 0.6) is 5.75 Å². The van der Waals surface area contributed by atoms with Crippen LogP contribution >= 0.6 is 0 Å². The molecular formula is C14H18F2N2O2. The van der Waals surface area contributed by atoms with E-state index in [0.29, 0.717) is 6.54 Å². The van der Waals surface area contributed by atoms with Gasteiger partial charge in [0, 0.05) is 20.0 Å². The summed E-state index contributed by atoms with van der Waals surface area (Å²) in [5.41, 5.74) is -1.83. The van der Waals surface area contributed by atoms with E-state index in [-0.39, 0.29) is 31.9 Å². The largest absolute Gasteiger partial charge is 0.489 e. The first-order valence-electron chi connectivity index (χ1n) is 6.55. The standard InChI is InChI=1S/C14H18F2N2O2/c1-18(13(19)14(16)6-7-17-10-14)8-9-20-12-5-3-2-4-11(12)15/h2-5,17H,6-10H2,1H3/t14-/m0/s1. The number of hydrogen-bond donors (Lipinski definition) is 1. The highest BCUT2D eigenvalue weighted by Crippen LogP contribution is 2.22. The van der Waals surface area contributed by atoms with Crippen molar-refractivity contribution in [1.29, 1.82) is 0 Å². The van der Waals surface area contributed by atoms with Crippen molar-refractivity contribution in [1.82, 2.24) is 10.2 Å². The predicted octanol–water partition coefficient (Wildman–Crippen LogP) is 1.36. The fraction of sp³-hybridized carbons (Fsp3) is 0.500. The molecule has 1 aliphatic rings. The lowest BCUT2D eigenvalue weighted by Gasteiger charge is -2.25. The minimum absolute atomic E-state index is 0.0460. The van der Waals surface area contributed by atoms with Crippen LogP contribution in [0, 0.1) is 5.82 Å². The summed E-state index contributed by atoms with van der Waals surface area (Å²) in [7, 11) is 1.52. The van der Waals surface area contributed by atoms with E-state index < -0.39 is 17.4 Å². The Bertz CT molecular complexity index is 476. The maximum atomic E-state index is 14.2. The van der Waals surface area contributed by atoms with Gasteiger partial charge in [-0.3, -0.25) is 4.79 Å². The van der Waals surface area contributed by atoms with Gasteiger partial charge in [-0.15, -0.1) is 0 Å². The second kappa shape index (κ2) is 6.17. The lowest BCUT2D eigenvalue weighted by molar-refractivity contribution is -0.141. The van der Waals surface area contributed by atoms with Crippen molar-refractivity contribution >= 4 is 5.91 Å². The minimum atomic E-state index is -1.83. The first-order valence-corrected chi connectivity index (χ1v) is 6.55. The summed E-state index contributed by atoms with van der Waals surface area (Å²) in [5.74, 6) is -0.881. The Kier molecular flexibility index (Phi) is 4.54. The lowest BCUT2D eigenvalue weighted by Crippen LogP contribution is -2.47. The number of benzene rings is 1. The Hall–Kier alpha value is -1.69. The molecule has 0 spiro atoms. The van der Waals surface area contributed by atoms with E-state index in [9.17, 15) is 13.6 Å². The van der Waals surface area contributed by atoms with Gasteiger partial charge in [-0.25, -0.2) is 8.78 Å². The van der Waals surface area contributed by atoms with Crippen LogP contribution < -0.4 is 10.1 Å². The second-order valence-electron chi connectivity index (χ2n) is 4.90. The topological polar surface area (TPSA) is 41.6 Å². The maximum absolute atomic E-state index is 14.2. The molecule has 0 saturated carbocycles. The van der Waals surface area contributed by atoms with Crippen molar-refractivity contribution in [2.75, 3.05) is 33.3 Å². The molecule has 1 aromatic carbocycles. The van der Waals surface area contributed by atoms with Gasteiger partial charge in [0.05, 0.1) is 6.54 Å². The molecule has 1 saturated heterocycles. The molecule has 4 nitrogen and oxygen atoms in total. The van der Waals surface area contributed by atoms with Crippen LogP contribution in [0.15, 0.2) is 24.3 Å². The Morgan fingerprint density at radius 2 is 2.25 bits per heavy atom.